The number of anilines is 5. The van der Waals surface area contributed by atoms with Crippen LogP contribution in [-0.4, -0.2) is 65.1 Å². The standard InChI is InChI=1S/C30H35FN8O2/c1-41-25-18-20(39-16-11-19(12-17-39)38-14-3-2-4-15-38)8-9-23(25)35-30-36-28-21(10-13-33-28)29(37-30)34-24-7-5-6-22(31)26(24)27(32)40/h5-10,13,18-19H,2-4,11-12,14-17H2,1H3,(H2,32,40)(H3,33,34,35,36,37). The second kappa shape index (κ2) is 11.6. The fourth-order valence-corrected chi connectivity index (χ4v) is 5.98. The van der Waals surface area contributed by atoms with Crippen molar-refractivity contribution in [3.63, 3.8) is 0 Å². The van der Waals surface area contributed by atoms with E-state index >= 15 is 0 Å². The Kier molecular flexibility index (Phi) is 7.60. The zero-order valence-electron chi connectivity index (χ0n) is 23.1. The van der Waals surface area contributed by atoms with Crippen molar-refractivity contribution in [2.45, 2.75) is 38.1 Å². The van der Waals surface area contributed by atoms with Crippen LogP contribution in [-0.2, 0) is 0 Å². The molecule has 0 aromatic heterocycles. The SMILES string of the molecule is COc1cc(N2CCC(N3CCCCC3)CC2)ccc1Nc1nc(Nc2cccc(F)c2C(N)=O)c2ccnc-2[nH]1. The lowest BCUT2D eigenvalue weighted by atomic mass is 9.99. The molecular weight excluding hydrogens is 523 g/mol. The number of methoxy groups -OCH3 is 1. The molecule has 214 valence electrons. The van der Waals surface area contributed by atoms with Crippen LogP contribution in [0.15, 0.2) is 48.7 Å². The van der Waals surface area contributed by atoms with Crippen molar-refractivity contribution in [3.8, 4) is 17.1 Å². The minimum Gasteiger partial charge on any atom is -0.494 e. The second-order valence-electron chi connectivity index (χ2n) is 10.6. The van der Waals surface area contributed by atoms with Gasteiger partial charge in [-0.2, -0.15) is 4.98 Å². The van der Waals surface area contributed by atoms with Crippen LogP contribution in [0.2, 0.25) is 0 Å². The Hall–Kier alpha value is -4.38. The number of hydrogen-bond donors (Lipinski definition) is 4. The number of fused-ring (bicyclic) bond motifs is 1. The van der Waals surface area contributed by atoms with Crippen LogP contribution >= 0.6 is 0 Å². The van der Waals surface area contributed by atoms with Gasteiger partial charge in [0.15, 0.2) is 0 Å². The summed E-state index contributed by atoms with van der Waals surface area (Å²) in [6.07, 6.45) is 8.00. The van der Waals surface area contributed by atoms with Crippen molar-refractivity contribution in [3.05, 3.63) is 60.0 Å². The molecule has 1 amide bonds. The van der Waals surface area contributed by atoms with Gasteiger partial charge in [0.25, 0.3) is 5.91 Å². The van der Waals surface area contributed by atoms with Crippen LogP contribution in [0.4, 0.5) is 33.2 Å². The first kappa shape index (κ1) is 26.8. The number of halogens is 1. The number of nitrogens with zero attached hydrogens (tertiary/aromatic N) is 4. The number of piperidine rings is 2. The molecule has 2 fully saturated rings. The van der Waals surface area contributed by atoms with Gasteiger partial charge in [0, 0.05) is 37.1 Å². The number of carbonyl (C=O) groups excluding carboxylic acids is 1. The number of carbonyl (C=O) groups is 1. The maximum absolute atomic E-state index is 14.4. The van der Waals surface area contributed by atoms with Gasteiger partial charge in [-0.3, -0.25) is 4.79 Å². The van der Waals surface area contributed by atoms with Crippen molar-refractivity contribution in [1.82, 2.24) is 19.9 Å². The maximum atomic E-state index is 14.4. The van der Waals surface area contributed by atoms with E-state index in [1.54, 1.807) is 25.4 Å². The quantitative estimate of drug-likeness (QED) is 0.236. The van der Waals surface area contributed by atoms with Crippen molar-refractivity contribution in [2.24, 2.45) is 5.73 Å². The third-order valence-electron chi connectivity index (χ3n) is 8.10. The average molecular weight is 559 g/mol. The van der Waals surface area contributed by atoms with E-state index in [0.29, 0.717) is 34.9 Å². The summed E-state index contributed by atoms with van der Waals surface area (Å²) in [7, 11) is 1.65. The molecule has 0 spiro atoms. The normalized spacial score (nSPS) is 16.6. The van der Waals surface area contributed by atoms with Crippen LogP contribution < -0.4 is 26.0 Å². The highest BCUT2D eigenvalue weighted by Gasteiger charge is 2.26. The molecule has 0 aliphatic carbocycles. The van der Waals surface area contributed by atoms with Gasteiger partial charge in [-0.25, -0.2) is 9.37 Å². The van der Waals surface area contributed by atoms with E-state index in [2.05, 4.69) is 41.5 Å². The first-order valence-corrected chi connectivity index (χ1v) is 14.1. The number of amides is 1. The highest BCUT2D eigenvalue weighted by molar-refractivity contribution is 6.00. The molecule has 2 saturated heterocycles. The molecule has 4 heterocycles. The lowest BCUT2D eigenvalue weighted by molar-refractivity contribution is 0.0997. The third kappa shape index (κ3) is 5.62. The van der Waals surface area contributed by atoms with Crippen molar-refractivity contribution < 1.29 is 13.9 Å². The first-order valence-electron chi connectivity index (χ1n) is 14.1. The Morgan fingerprint density at radius 2 is 1.85 bits per heavy atom. The van der Waals surface area contributed by atoms with E-state index in [-0.39, 0.29) is 11.3 Å². The Morgan fingerprint density at radius 3 is 2.61 bits per heavy atom. The molecule has 4 aliphatic heterocycles. The Bertz CT molecular complexity index is 1490. The van der Waals surface area contributed by atoms with E-state index in [0.717, 1.165) is 24.5 Å². The number of ether oxygens (including phenoxy) is 1. The molecule has 0 unspecified atom stereocenters. The average Bonchev–Trinajstić information content (AvgIpc) is 3.47. The molecule has 5 N–H and O–H groups in total. The van der Waals surface area contributed by atoms with E-state index in [1.807, 2.05) is 12.1 Å². The molecule has 0 saturated carbocycles. The topological polar surface area (TPSA) is 124 Å². The number of aromatic nitrogens is 3. The zero-order valence-corrected chi connectivity index (χ0v) is 23.1. The molecular formula is C30H35FN8O2. The van der Waals surface area contributed by atoms with Gasteiger partial charge in [0.05, 0.1) is 29.6 Å². The predicted octanol–water partition coefficient (Wildman–Crippen LogP) is 5.10. The van der Waals surface area contributed by atoms with Crippen molar-refractivity contribution in [2.75, 3.05) is 48.8 Å². The van der Waals surface area contributed by atoms with Gasteiger partial charge in [-0.05, 0) is 69.1 Å². The third-order valence-corrected chi connectivity index (χ3v) is 8.10. The summed E-state index contributed by atoms with van der Waals surface area (Å²) >= 11 is 0. The molecule has 2 aromatic rings. The molecule has 0 bridgehead atoms. The summed E-state index contributed by atoms with van der Waals surface area (Å²) in [6.45, 7) is 4.52. The largest absolute Gasteiger partial charge is 0.494 e. The van der Waals surface area contributed by atoms with Crippen molar-refractivity contribution >= 4 is 34.7 Å². The number of rotatable bonds is 8. The molecule has 41 heavy (non-hydrogen) atoms. The fourth-order valence-electron chi connectivity index (χ4n) is 5.98. The molecule has 11 heteroatoms. The van der Waals surface area contributed by atoms with Crippen LogP contribution in [0.5, 0.6) is 5.75 Å². The number of hydrogen-bond acceptors (Lipinski definition) is 8. The number of nitrogens with one attached hydrogen (secondary N) is 3. The molecule has 6 rings (SSSR count). The Labute approximate surface area is 238 Å². The smallest absolute Gasteiger partial charge is 0.253 e. The number of H-pyrrole nitrogens is 1. The summed E-state index contributed by atoms with van der Waals surface area (Å²) in [6, 6.07) is 12.9. The van der Waals surface area contributed by atoms with Crippen molar-refractivity contribution in [1.29, 1.82) is 0 Å². The van der Waals surface area contributed by atoms with E-state index < -0.39 is 11.7 Å². The summed E-state index contributed by atoms with van der Waals surface area (Å²) in [5, 5.41) is 6.36. The van der Waals surface area contributed by atoms with Gasteiger partial charge < -0.3 is 35.9 Å². The van der Waals surface area contributed by atoms with Crippen LogP contribution in [0.1, 0.15) is 42.5 Å². The van der Waals surface area contributed by atoms with Gasteiger partial charge in [-0.15, -0.1) is 0 Å². The number of primary amides is 1. The monoisotopic (exact) mass is 558 g/mol. The van der Waals surface area contributed by atoms with Crippen LogP contribution in [0, 0.1) is 5.82 Å². The number of nitrogens with two attached hydrogens (primary N) is 1. The Morgan fingerprint density at radius 1 is 1.05 bits per heavy atom. The van der Waals surface area contributed by atoms with Gasteiger partial charge in [0.1, 0.15) is 23.2 Å². The summed E-state index contributed by atoms with van der Waals surface area (Å²) in [5.74, 6) is 0.448. The van der Waals surface area contributed by atoms with Gasteiger partial charge in [0.2, 0.25) is 5.95 Å². The van der Waals surface area contributed by atoms with Gasteiger partial charge >= 0.3 is 0 Å². The number of likely N-dealkylation sites (tertiary alicyclic amines) is 1. The number of benzene rings is 2. The molecule has 10 nitrogen and oxygen atoms in total. The lowest BCUT2D eigenvalue weighted by Crippen LogP contribution is -2.46. The van der Waals surface area contributed by atoms with E-state index in [9.17, 15) is 9.18 Å². The summed E-state index contributed by atoms with van der Waals surface area (Å²) < 4.78 is 20.1. The molecule has 2 aromatic carbocycles. The fraction of sp³-hybridized carbons (Fsp3) is 0.367. The maximum Gasteiger partial charge on any atom is 0.253 e. The van der Waals surface area contributed by atoms with E-state index in [4.69, 9.17) is 10.5 Å². The Balaban J connectivity index is 1.21. The summed E-state index contributed by atoms with van der Waals surface area (Å²) in [4.78, 5) is 29.3. The first-order chi connectivity index (χ1) is 20.0. The molecule has 4 aliphatic rings. The van der Waals surface area contributed by atoms with Gasteiger partial charge in [-0.1, -0.05) is 12.5 Å². The highest BCUT2D eigenvalue weighted by atomic mass is 19.1. The van der Waals surface area contributed by atoms with Crippen LogP contribution in [0.25, 0.3) is 11.4 Å². The zero-order chi connectivity index (χ0) is 28.3. The van der Waals surface area contributed by atoms with E-state index in [1.165, 1.54) is 57.3 Å². The minimum atomic E-state index is -0.871. The minimum absolute atomic E-state index is 0.218. The number of aromatic amines is 1. The molecule has 0 radical (unpaired) electrons. The molecule has 0 atom stereocenters. The second-order valence-corrected chi connectivity index (χ2v) is 10.6. The highest BCUT2D eigenvalue weighted by Crippen LogP contribution is 2.36. The summed E-state index contributed by atoms with van der Waals surface area (Å²) in [5.41, 5.74) is 7.95. The lowest BCUT2D eigenvalue weighted by Gasteiger charge is -2.41. The van der Waals surface area contributed by atoms with Crippen LogP contribution in [0.3, 0.4) is 0 Å². The predicted molar refractivity (Wildman–Crippen MR) is 158 cm³/mol.